The Morgan fingerprint density at radius 3 is 1.50 bits per heavy atom. The Balaban J connectivity index is 1.70. The molecule has 0 aromatic heterocycles. The van der Waals surface area contributed by atoms with Crippen LogP contribution < -0.4 is 0 Å². The Labute approximate surface area is 150 Å². The van der Waals surface area contributed by atoms with Crippen molar-refractivity contribution in [3.05, 3.63) is 0 Å². The van der Waals surface area contributed by atoms with Gasteiger partial charge < -0.3 is 10.0 Å². The van der Waals surface area contributed by atoms with E-state index in [2.05, 4.69) is 6.92 Å². The average molecular weight is 340 g/mol. The van der Waals surface area contributed by atoms with Crippen molar-refractivity contribution in [2.24, 2.45) is 0 Å². The Kier molecular flexibility index (Phi) is 13.2. The number of rotatable bonds is 16. The second kappa shape index (κ2) is 14.7. The molecule has 1 rings (SSSR count). The molecule has 0 atom stereocenters. The van der Waals surface area contributed by atoms with E-state index in [4.69, 9.17) is 0 Å². The maximum absolute atomic E-state index is 11.7. The van der Waals surface area contributed by atoms with E-state index in [0.717, 1.165) is 6.42 Å². The topological polar surface area (TPSA) is 40.5 Å². The van der Waals surface area contributed by atoms with Gasteiger partial charge in [0.2, 0.25) is 5.91 Å². The van der Waals surface area contributed by atoms with Gasteiger partial charge in [0, 0.05) is 19.5 Å². The number of carbonyl (C=O) groups is 1. The first kappa shape index (κ1) is 21.5. The molecule has 0 aromatic carbocycles. The summed E-state index contributed by atoms with van der Waals surface area (Å²) in [5, 5.41) is 9.18. The predicted molar refractivity (Wildman–Crippen MR) is 102 cm³/mol. The van der Waals surface area contributed by atoms with Crippen molar-refractivity contribution in [2.75, 3.05) is 13.1 Å². The summed E-state index contributed by atoms with van der Waals surface area (Å²) in [5.74, 6) is 0.231. The van der Waals surface area contributed by atoms with E-state index in [0.29, 0.717) is 19.5 Å². The monoisotopic (exact) mass is 339 g/mol. The molecule has 3 nitrogen and oxygen atoms in total. The third-order valence-corrected chi connectivity index (χ3v) is 5.21. The van der Waals surface area contributed by atoms with Gasteiger partial charge in [-0.3, -0.25) is 4.79 Å². The number of carbonyl (C=O) groups excluding carboxylic acids is 1. The van der Waals surface area contributed by atoms with Crippen LogP contribution in [-0.4, -0.2) is 35.1 Å². The normalized spacial score (nSPS) is 14.8. The van der Waals surface area contributed by atoms with E-state index in [1.54, 1.807) is 4.90 Å². The predicted octanol–water partition coefficient (Wildman–Crippen LogP) is 5.45. The molecule has 1 aliphatic heterocycles. The Morgan fingerprint density at radius 1 is 0.750 bits per heavy atom. The molecule has 0 aliphatic carbocycles. The molecule has 1 fully saturated rings. The number of hydrogen-bond acceptors (Lipinski definition) is 2. The quantitative estimate of drug-likeness (QED) is 0.380. The molecule has 0 spiro atoms. The fourth-order valence-electron chi connectivity index (χ4n) is 3.46. The van der Waals surface area contributed by atoms with Crippen LogP contribution in [0.1, 0.15) is 110 Å². The van der Waals surface area contributed by atoms with E-state index in [1.807, 2.05) is 0 Å². The molecular formula is C21H41NO2. The van der Waals surface area contributed by atoms with Crippen LogP contribution in [0.4, 0.5) is 0 Å². The number of nitrogens with zero attached hydrogens (tertiary/aromatic N) is 1. The Morgan fingerprint density at radius 2 is 1.12 bits per heavy atom. The van der Waals surface area contributed by atoms with Gasteiger partial charge in [-0.1, -0.05) is 96.8 Å². The average Bonchev–Trinajstić information content (AvgIpc) is 2.55. The van der Waals surface area contributed by atoms with Gasteiger partial charge in [0.15, 0.2) is 0 Å². The molecule has 1 N–H and O–H groups in total. The molecule has 0 radical (unpaired) electrons. The van der Waals surface area contributed by atoms with Crippen LogP contribution in [0.15, 0.2) is 0 Å². The minimum Gasteiger partial charge on any atom is -0.389 e. The SMILES string of the molecule is CCCCCCCCCCCCCCCCCC(=O)N1CC(O)C1. The summed E-state index contributed by atoms with van der Waals surface area (Å²) >= 11 is 0. The molecule has 1 saturated heterocycles. The van der Waals surface area contributed by atoms with Crippen LogP contribution in [0, 0.1) is 0 Å². The van der Waals surface area contributed by atoms with E-state index in [1.165, 1.54) is 89.9 Å². The van der Waals surface area contributed by atoms with Crippen LogP contribution in [0.5, 0.6) is 0 Å². The van der Waals surface area contributed by atoms with E-state index < -0.39 is 0 Å². The standard InChI is InChI=1S/C21H41NO2/c1-2-3-4-5-6-7-8-9-10-11-12-13-14-15-16-17-21(24)22-18-20(23)19-22/h20,23H,2-19H2,1H3. The van der Waals surface area contributed by atoms with Gasteiger partial charge in [-0.15, -0.1) is 0 Å². The van der Waals surface area contributed by atoms with Crippen LogP contribution in [0.2, 0.25) is 0 Å². The lowest BCUT2D eigenvalue weighted by molar-refractivity contribution is -0.141. The van der Waals surface area contributed by atoms with E-state index in [-0.39, 0.29) is 12.0 Å². The zero-order chi connectivity index (χ0) is 17.5. The van der Waals surface area contributed by atoms with Gasteiger partial charge >= 0.3 is 0 Å². The molecule has 142 valence electrons. The highest BCUT2D eigenvalue weighted by Gasteiger charge is 2.27. The number of aliphatic hydroxyl groups is 1. The van der Waals surface area contributed by atoms with Crippen LogP contribution in [0.25, 0.3) is 0 Å². The van der Waals surface area contributed by atoms with Crippen LogP contribution in [0.3, 0.4) is 0 Å². The second-order valence-corrected chi connectivity index (χ2v) is 7.65. The summed E-state index contributed by atoms with van der Waals surface area (Å²) in [6.45, 7) is 3.38. The van der Waals surface area contributed by atoms with Gasteiger partial charge in [-0.25, -0.2) is 0 Å². The molecule has 1 amide bonds. The summed E-state index contributed by atoms with van der Waals surface area (Å²) in [7, 11) is 0. The highest BCUT2D eigenvalue weighted by molar-refractivity contribution is 5.77. The summed E-state index contributed by atoms with van der Waals surface area (Å²) < 4.78 is 0. The van der Waals surface area contributed by atoms with Crippen molar-refractivity contribution >= 4 is 5.91 Å². The molecule has 1 heterocycles. The van der Waals surface area contributed by atoms with Gasteiger partial charge in [-0.05, 0) is 6.42 Å². The van der Waals surface area contributed by atoms with E-state index >= 15 is 0 Å². The number of β-amino-alcohol motifs (C(OH)–C–C–N with tert-alkyl or cyclic N) is 1. The summed E-state index contributed by atoms with van der Waals surface area (Å²) in [4.78, 5) is 13.5. The van der Waals surface area contributed by atoms with Crippen molar-refractivity contribution in [1.29, 1.82) is 0 Å². The lowest BCUT2D eigenvalue weighted by Gasteiger charge is -2.35. The Bertz CT molecular complexity index is 300. The lowest BCUT2D eigenvalue weighted by Crippen LogP contribution is -2.53. The van der Waals surface area contributed by atoms with Crippen molar-refractivity contribution < 1.29 is 9.90 Å². The van der Waals surface area contributed by atoms with Gasteiger partial charge in [0.1, 0.15) is 0 Å². The first-order chi connectivity index (χ1) is 11.7. The third-order valence-electron chi connectivity index (χ3n) is 5.21. The molecule has 24 heavy (non-hydrogen) atoms. The maximum atomic E-state index is 11.7. The van der Waals surface area contributed by atoms with Crippen molar-refractivity contribution in [1.82, 2.24) is 4.90 Å². The number of unbranched alkanes of at least 4 members (excludes halogenated alkanes) is 14. The minimum atomic E-state index is -0.269. The number of amides is 1. The zero-order valence-corrected chi connectivity index (χ0v) is 16.1. The van der Waals surface area contributed by atoms with Gasteiger partial charge in [0.05, 0.1) is 6.10 Å². The van der Waals surface area contributed by atoms with Crippen molar-refractivity contribution in [3.8, 4) is 0 Å². The largest absolute Gasteiger partial charge is 0.389 e. The molecule has 0 saturated carbocycles. The zero-order valence-electron chi connectivity index (χ0n) is 16.1. The first-order valence-electron chi connectivity index (χ1n) is 10.7. The summed E-state index contributed by atoms with van der Waals surface area (Å²) in [6.07, 6.45) is 20.7. The summed E-state index contributed by atoms with van der Waals surface area (Å²) in [6, 6.07) is 0. The van der Waals surface area contributed by atoms with Crippen molar-refractivity contribution in [2.45, 2.75) is 116 Å². The molecule has 0 aromatic rings. The highest BCUT2D eigenvalue weighted by Crippen LogP contribution is 2.15. The maximum Gasteiger partial charge on any atom is 0.222 e. The first-order valence-corrected chi connectivity index (χ1v) is 10.7. The molecular weight excluding hydrogens is 298 g/mol. The molecule has 1 aliphatic rings. The minimum absolute atomic E-state index is 0.231. The number of hydrogen-bond donors (Lipinski definition) is 1. The van der Waals surface area contributed by atoms with Gasteiger partial charge in [0.25, 0.3) is 0 Å². The molecule has 0 bridgehead atoms. The van der Waals surface area contributed by atoms with E-state index in [9.17, 15) is 9.90 Å². The Hall–Kier alpha value is -0.570. The van der Waals surface area contributed by atoms with Crippen molar-refractivity contribution in [3.63, 3.8) is 0 Å². The fraction of sp³-hybridized carbons (Fsp3) is 0.952. The second-order valence-electron chi connectivity index (χ2n) is 7.65. The van der Waals surface area contributed by atoms with Crippen LogP contribution in [-0.2, 0) is 4.79 Å². The summed E-state index contributed by atoms with van der Waals surface area (Å²) in [5.41, 5.74) is 0. The smallest absolute Gasteiger partial charge is 0.222 e. The molecule has 0 unspecified atom stereocenters. The molecule has 3 heteroatoms. The number of likely N-dealkylation sites (tertiary alicyclic amines) is 1. The van der Waals surface area contributed by atoms with Crippen LogP contribution >= 0.6 is 0 Å². The number of aliphatic hydroxyl groups excluding tert-OH is 1. The lowest BCUT2D eigenvalue weighted by atomic mass is 10.0. The fourth-order valence-corrected chi connectivity index (χ4v) is 3.46. The van der Waals surface area contributed by atoms with Gasteiger partial charge in [-0.2, -0.15) is 0 Å². The highest BCUT2D eigenvalue weighted by atomic mass is 16.3. The third kappa shape index (κ3) is 11.1.